The molecule has 0 spiro atoms. The van der Waals surface area contributed by atoms with Crippen molar-refractivity contribution in [1.29, 1.82) is 0 Å². The third-order valence-corrected chi connectivity index (χ3v) is 6.52. The molecular formula is C25H28N2O5. The second kappa shape index (κ2) is 9.02. The second-order valence-electron chi connectivity index (χ2n) is 8.79. The number of hydrogen-bond acceptors (Lipinski definition) is 4. The highest BCUT2D eigenvalue weighted by molar-refractivity contribution is 5.81. The summed E-state index contributed by atoms with van der Waals surface area (Å²) in [6, 6.07) is 16.3. The van der Waals surface area contributed by atoms with Gasteiger partial charge in [-0.05, 0) is 42.0 Å². The Kier molecular flexibility index (Phi) is 6.17. The number of carboxylic acids is 1. The van der Waals surface area contributed by atoms with Crippen LogP contribution in [-0.4, -0.2) is 54.2 Å². The SMILES string of the molecule is CC1(C(=O)O)CCN(C(=O)CCCNC(=O)OCC2c3ccccc3-c3ccccc32)C1. The number of fused-ring (bicyclic) bond motifs is 3. The van der Waals surface area contributed by atoms with Gasteiger partial charge in [0.2, 0.25) is 5.91 Å². The number of carbonyl (C=O) groups is 3. The van der Waals surface area contributed by atoms with Crippen molar-refractivity contribution in [3.05, 3.63) is 59.7 Å². The molecule has 2 aliphatic rings. The van der Waals surface area contributed by atoms with E-state index in [-0.39, 0.29) is 31.4 Å². The molecule has 0 saturated carbocycles. The van der Waals surface area contributed by atoms with Gasteiger partial charge in [-0.1, -0.05) is 48.5 Å². The first-order valence-electron chi connectivity index (χ1n) is 11.0. The fraction of sp³-hybridized carbons (Fsp3) is 0.400. The van der Waals surface area contributed by atoms with Gasteiger partial charge in [0.15, 0.2) is 0 Å². The van der Waals surface area contributed by atoms with E-state index in [0.717, 1.165) is 11.1 Å². The maximum atomic E-state index is 12.3. The van der Waals surface area contributed by atoms with Crippen molar-refractivity contribution in [2.75, 3.05) is 26.2 Å². The molecule has 1 heterocycles. The molecule has 1 atom stereocenters. The number of hydrogen-bond donors (Lipinski definition) is 2. The van der Waals surface area contributed by atoms with Crippen LogP contribution in [0, 0.1) is 5.41 Å². The Hall–Kier alpha value is -3.35. The normalized spacial score (nSPS) is 19.3. The minimum absolute atomic E-state index is 0.00781. The van der Waals surface area contributed by atoms with Gasteiger partial charge in [0, 0.05) is 32.0 Å². The molecule has 0 aromatic heterocycles. The van der Waals surface area contributed by atoms with E-state index in [1.807, 2.05) is 24.3 Å². The van der Waals surface area contributed by atoms with E-state index in [1.165, 1.54) is 11.1 Å². The lowest BCUT2D eigenvalue weighted by Crippen LogP contribution is -2.35. The Morgan fingerprint density at radius 3 is 2.31 bits per heavy atom. The van der Waals surface area contributed by atoms with Crippen molar-refractivity contribution in [2.45, 2.75) is 32.1 Å². The standard InChI is InChI=1S/C25H28N2O5/c1-25(23(29)30)12-14-27(16-25)22(28)11-6-13-26-24(31)32-15-21-19-9-4-2-7-17(19)18-8-3-5-10-20(18)21/h2-5,7-10,21H,6,11-16H2,1H3,(H,26,31)(H,29,30). The lowest BCUT2D eigenvalue weighted by Gasteiger charge is -2.20. The van der Waals surface area contributed by atoms with Crippen LogP contribution < -0.4 is 5.32 Å². The van der Waals surface area contributed by atoms with Gasteiger partial charge in [-0.3, -0.25) is 9.59 Å². The van der Waals surface area contributed by atoms with E-state index in [9.17, 15) is 19.5 Å². The molecule has 1 aliphatic heterocycles. The number of benzene rings is 2. The van der Waals surface area contributed by atoms with Crippen molar-refractivity contribution in [2.24, 2.45) is 5.41 Å². The average molecular weight is 437 g/mol. The summed E-state index contributed by atoms with van der Waals surface area (Å²) in [5.41, 5.74) is 3.81. The average Bonchev–Trinajstić information content (AvgIpc) is 3.35. The molecule has 4 rings (SSSR count). The van der Waals surface area contributed by atoms with Gasteiger partial charge in [-0.2, -0.15) is 0 Å². The monoisotopic (exact) mass is 436 g/mol. The number of carboxylic acid groups (broad SMARTS) is 1. The van der Waals surface area contributed by atoms with Crippen LogP contribution in [0.1, 0.15) is 43.2 Å². The number of aliphatic carboxylic acids is 1. The topological polar surface area (TPSA) is 95.9 Å². The molecule has 2 amide bonds. The fourth-order valence-corrected chi connectivity index (χ4v) is 4.59. The summed E-state index contributed by atoms with van der Waals surface area (Å²) in [5.74, 6) is -0.942. The number of nitrogens with one attached hydrogen (secondary N) is 1. The number of nitrogens with zero attached hydrogens (tertiary/aromatic N) is 1. The zero-order valence-corrected chi connectivity index (χ0v) is 18.2. The fourth-order valence-electron chi connectivity index (χ4n) is 4.59. The maximum Gasteiger partial charge on any atom is 0.407 e. The number of rotatable bonds is 7. The van der Waals surface area contributed by atoms with Crippen molar-refractivity contribution in [3.63, 3.8) is 0 Å². The van der Waals surface area contributed by atoms with Gasteiger partial charge in [-0.15, -0.1) is 0 Å². The van der Waals surface area contributed by atoms with Gasteiger partial charge < -0.3 is 20.1 Å². The Bertz CT molecular complexity index is 991. The van der Waals surface area contributed by atoms with Crippen LogP contribution in [0.15, 0.2) is 48.5 Å². The third kappa shape index (κ3) is 4.33. The molecule has 7 nitrogen and oxygen atoms in total. The van der Waals surface area contributed by atoms with Crippen LogP contribution in [0.4, 0.5) is 4.79 Å². The molecule has 7 heteroatoms. The molecule has 0 bridgehead atoms. The highest BCUT2D eigenvalue weighted by atomic mass is 16.5. The lowest BCUT2D eigenvalue weighted by molar-refractivity contribution is -0.147. The Labute approximate surface area is 187 Å². The number of carbonyl (C=O) groups excluding carboxylic acids is 2. The van der Waals surface area contributed by atoms with E-state index in [4.69, 9.17) is 4.74 Å². The summed E-state index contributed by atoms with van der Waals surface area (Å²) in [5, 5.41) is 12.0. The molecule has 2 aromatic rings. The highest BCUT2D eigenvalue weighted by Crippen LogP contribution is 2.44. The second-order valence-corrected chi connectivity index (χ2v) is 8.79. The van der Waals surface area contributed by atoms with Gasteiger partial charge in [-0.25, -0.2) is 4.79 Å². The minimum Gasteiger partial charge on any atom is -0.481 e. The smallest absolute Gasteiger partial charge is 0.407 e. The van der Waals surface area contributed by atoms with E-state index >= 15 is 0 Å². The predicted octanol–water partition coefficient (Wildman–Crippen LogP) is 3.63. The van der Waals surface area contributed by atoms with Gasteiger partial charge >= 0.3 is 12.1 Å². The van der Waals surface area contributed by atoms with Crippen molar-refractivity contribution in [3.8, 4) is 11.1 Å². The molecule has 1 fully saturated rings. The van der Waals surface area contributed by atoms with Crippen molar-refractivity contribution >= 4 is 18.0 Å². The molecular weight excluding hydrogens is 408 g/mol. The van der Waals surface area contributed by atoms with Gasteiger partial charge in [0.1, 0.15) is 6.61 Å². The summed E-state index contributed by atoms with van der Waals surface area (Å²) in [4.78, 5) is 37.4. The van der Waals surface area contributed by atoms with Crippen LogP contribution in [0.25, 0.3) is 11.1 Å². The van der Waals surface area contributed by atoms with Crippen LogP contribution in [0.2, 0.25) is 0 Å². The zero-order chi connectivity index (χ0) is 22.7. The molecule has 1 aliphatic carbocycles. The largest absolute Gasteiger partial charge is 0.481 e. The Balaban J connectivity index is 1.21. The number of amides is 2. The van der Waals surface area contributed by atoms with E-state index in [2.05, 4.69) is 29.6 Å². The molecule has 1 unspecified atom stereocenters. The van der Waals surface area contributed by atoms with Gasteiger partial charge in [0.25, 0.3) is 0 Å². The van der Waals surface area contributed by atoms with Crippen molar-refractivity contribution in [1.82, 2.24) is 10.2 Å². The molecule has 2 N–H and O–H groups in total. The first-order chi connectivity index (χ1) is 15.4. The molecule has 0 radical (unpaired) electrons. The molecule has 2 aromatic carbocycles. The number of ether oxygens (including phenoxy) is 1. The van der Waals surface area contributed by atoms with Crippen molar-refractivity contribution < 1.29 is 24.2 Å². The van der Waals surface area contributed by atoms with Crippen LogP contribution in [0.3, 0.4) is 0 Å². The number of alkyl carbamates (subject to hydrolysis) is 1. The van der Waals surface area contributed by atoms with Crippen LogP contribution >= 0.6 is 0 Å². The van der Waals surface area contributed by atoms with Gasteiger partial charge in [0.05, 0.1) is 5.41 Å². The quantitative estimate of drug-likeness (QED) is 0.646. The summed E-state index contributed by atoms with van der Waals surface area (Å²) in [7, 11) is 0. The van der Waals surface area contributed by atoms with E-state index in [0.29, 0.717) is 25.9 Å². The summed E-state index contributed by atoms with van der Waals surface area (Å²) >= 11 is 0. The Morgan fingerprint density at radius 2 is 1.72 bits per heavy atom. The maximum absolute atomic E-state index is 12.3. The van der Waals surface area contributed by atoms with E-state index in [1.54, 1.807) is 11.8 Å². The number of likely N-dealkylation sites (tertiary alicyclic amines) is 1. The molecule has 32 heavy (non-hydrogen) atoms. The zero-order valence-electron chi connectivity index (χ0n) is 18.2. The molecule has 168 valence electrons. The first-order valence-corrected chi connectivity index (χ1v) is 11.0. The summed E-state index contributed by atoms with van der Waals surface area (Å²) in [6.07, 6.45) is 0.702. The highest BCUT2D eigenvalue weighted by Gasteiger charge is 2.41. The van der Waals surface area contributed by atoms with Crippen LogP contribution in [-0.2, 0) is 14.3 Å². The van der Waals surface area contributed by atoms with Crippen LogP contribution in [0.5, 0.6) is 0 Å². The Morgan fingerprint density at radius 1 is 1.09 bits per heavy atom. The molecule has 1 saturated heterocycles. The minimum atomic E-state index is -0.871. The first kappa shape index (κ1) is 21.9. The predicted molar refractivity (Wildman–Crippen MR) is 119 cm³/mol. The lowest BCUT2D eigenvalue weighted by atomic mass is 9.90. The third-order valence-electron chi connectivity index (χ3n) is 6.52. The summed E-state index contributed by atoms with van der Waals surface area (Å²) < 4.78 is 5.49. The summed E-state index contributed by atoms with van der Waals surface area (Å²) in [6.45, 7) is 2.94. The van der Waals surface area contributed by atoms with E-state index < -0.39 is 17.5 Å².